The summed E-state index contributed by atoms with van der Waals surface area (Å²) in [5, 5.41) is 9.94. The summed E-state index contributed by atoms with van der Waals surface area (Å²) in [7, 11) is 0. The Labute approximate surface area is 108 Å². The van der Waals surface area contributed by atoms with Crippen LogP contribution in [0.3, 0.4) is 0 Å². The standard InChI is InChI=1S/C13H29NO2.CH4/c1-7-9-10-11(8-2)14-16-13(5,6)12(3,4)15;/h11,14-15H,7-10H2,1-6H3;1H4. The Morgan fingerprint density at radius 1 is 1.18 bits per heavy atom. The van der Waals surface area contributed by atoms with E-state index < -0.39 is 11.2 Å². The molecule has 0 aliphatic carbocycles. The lowest BCUT2D eigenvalue weighted by atomic mass is 9.90. The van der Waals surface area contributed by atoms with Crippen molar-refractivity contribution in [2.75, 3.05) is 0 Å². The van der Waals surface area contributed by atoms with Crippen molar-refractivity contribution in [2.24, 2.45) is 0 Å². The van der Waals surface area contributed by atoms with E-state index >= 15 is 0 Å². The molecule has 0 bridgehead atoms. The van der Waals surface area contributed by atoms with Crippen LogP contribution in [-0.2, 0) is 4.84 Å². The molecular weight excluding hydrogens is 214 g/mol. The van der Waals surface area contributed by atoms with E-state index in [1.54, 1.807) is 13.8 Å². The van der Waals surface area contributed by atoms with Gasteiger partial charge in [0.25, 0.3) is 0 Å². The minimum absolute atomic E-state index is 0. The SMILES string of the molecule is C.CCCCC(CC)NOC(C)(C)C(C)(C)O. The molecule has 1 atom stereocenters. The Hall–Kier alpha value is -0.120. The fraction of sp³-hybridized carbons (Fsp3) is 1.00. The van der Waals surface area contributed by atoms with Gasteiger partial charge in [0.05, 0.1) is 5.60 Å². The van der Waals surface area contributed by atoms with Crippen LogP contribution in [0.5, 0.6) is 0 Å². The Morgan fingerprint density at radius 3 is 2.06 bits per heavy atom. The average molecular weight is 247 g/mol. The van der Waals surface area contributed by atoms with Crippen LogP contribution in [0.15, 0.2) is 0 Å². The molecule has 0 radical (unpaired) electrons. The van der Waals surface area contributed by atoms with E-state index in [1.807, 2.05) is 13.8 Å². The predicted molar refractivity (Wildman–Crippen MR) is 74.9 cm³/mol. The summed E-state index contributed by atoms with van der Waals surface area (Å²) in [6.07, 6.45) is 4.57. The van der Waals surface area contributed by atoms with Crippen molar-refractivity contribution in [1.29, 1.82) is 0 Å². The molecule has 0 fully saturated rings. The van der Waals surface area contributed by atoms with Crippen molar-refractivity contribution in [2.45, 2.75) is 91.9 Å². The van der Waals surface area contributed by atoms with Gasteiger partial charge in [-0.05, 0) is 40.5 Å². The van der Waals surface area contributed by atoms with Crippen LogP contribution >= 0.6 is 0 Å². The van der Waals surface area contributed by atoms with Crippen LogP contribution in [0.1, 0.15) is 74.7 Å². The van der Waals surface area contributed by atoms with Gasteiger partial charge in [0.1, 0.15) is 5.60 Å². The highest BCUT2D eigenvalue weighted by atomic mass is 16.7. The first-order valence-corrected chi connectivity index (χ1v) is 6.40. The summed E-state index contributed by atoms with van der Waals surface area (Å²) in [4.78, 5) is 5.64. The van der Waals surface area contributed by atoms with Crippen molar-refractivity contribution in [1.82, 2.24) is 5.48 Å². The van der Waals surface area contributed by atoms with Gasteiger partial charge in [-0.1, -0.05) is 34.1 Å². The molecule has 2 N–H and O–H groups in total. The number of aliphatic hydroxyl groups is 1. The first-order chi connectivity index (χ1) is 7.24. The first-order valence-electron chi connectivity index (χ1n) is 6.40. The Bertz CT molecular complexity index is 185. The zero-order chi connectivity index (χ0) is 12.8. The molecule has 0 aromatic rings. The van der Waals surface area contributed by atoms with E-state index in [0.29, 0.717) is 6.04 Å². The summed E-state index contributed by atoms with van der Waals surface area (Å²) < 4.78 is 0. The second-order valence-electron chi connectivity index (χ2n) is 5.54. The maximum atomic E-state index is 9.94. The maximum absolute atomic E-state index is 9.94. The second-order valence-corrected chi connectivity index (χ2v) is 5.54. The third kappa shape index (κ3) is 7.02. The van der Waals surface area contributed by atoms with Gasteiger partial charge in [-0.3, -0.25) is 4.84 Å². The highest BCUT2D eigenvalue weighted by Crippen LogP contribution is 2.24. The van der Waals surface area contributed by atoms with Crippen molar-refractivity contribution in [3.8, 4) is 0 Å². The number of rotatable bonds is 8. The molecule has 1 unspecified atom stereocenters. The Balaban J connectivity index is 0. The van der Waals surface area contributed by atoms with E-state index in [2.05, 4.69) is 19.3 Å². The predicted octanol–water partition coefficient (Wildman–Crippen LogP) is 3.66. The molecule has 0 aromatic heterocycles. The van der Waals surface area contributed by atoms with Gasteiger partial charge in [0, 0.05) is 6.04 Å². The molecular formula is C14H33NO2. The minimum atomic E-state index is -0.858. The molecule has 0 saturated heterocycles. The fourth-order valence-corrected chi connectivity index (χ4v) is 1.15. The highest BCUT2D eigenvalue weighted by molar-refractivity contribution is 4.87. The van der Waals surface area contributed by atoms with E-state index in [0.717, 1.165) is 12.8 Å². The van der Waals surface area contributed by atoms with E-state index in [9.17, 15) is 5.11 Å². The monoisotopic (exact) mass is 247 g/mol. The molecule has 0 saturated carbocycles. The van der Waals surface area contributed by atoms with Crippen LogP contribution in [0.4, 0.5) is 0 Å². The van der Waals surface area contributed by atoms with Crippen molar-refractivity contribution < 1.29 is 9.94 Å². The lowest BCUT2D eigenvalue weighted by Gasteiger charge is -2.37. The van der Waals surface area contributed by atoms with Crippen LogP contribution < -0.4 is 5.48 Å². The summed E-state index contributed by atoms with van der Waals surface area (Å²) >= 11 is 0. The van der Waals surface area contributed by atoms with Crippen molar-refractivity contribution in [3.05, 3.63) is 0 Å². The number of hydrogen-bond donors (Lipinski definition) is 2. The summed E-state index contributed by atoms with van der Waals surface area (Å²) in [6, 6.07) is 0.376. The minimum Gasteiger partial charge on any atom is -0.387 e. The van der Waals surface area contributed by atoms with Gasteiger partial charge < -0.3 is 5.11 Å². The van der Waals surface area contributed by atoms with Crippen LogP contribution in [0.25, 0.3) is 0 Å². The third-order valence-corrected chi connectivity index (χ3v) is 3.35. The molecule has 3 heteroatoms. The fourth-order valence-electron chi connectivity index (χ4n) is 1.15. The highest BCUT2D eigenvalue weighted by Gasteiger charge is 2.37. The first kappa shape index (κ1) is 19.2. The molecule has 0 aromatic carbocycles. The number of hydrogen-bond acceptors (Lipinski definition) is 3. The zero-order valence-electron chi connectivity index (χ0n) is 11.8. The van der Waals surface area contributed by atoms with Gasteiger partial charge in [0.2, 0.25) is 0 Å². The molecule has 106 valence electrons. The summed E-state index contributed by atoms with van der Waals surface area (Å²) in [5.41, 5.74) is 1.64. The Morgan fingerprint density at radius 2 is 1.71 bits per heavy atom. The molecule has 17 heavy (non-hydrogen) atoms. The average Bonchev–Trinajstić information content (AvgIpc) is 2.16. The second kappa shape index (κ2) is 8.06. The zero-order valence-corrected chi connectivity index (χ0v) is 11.8. The van der Waals surface area contributed by atoms with Gasteiger partial charge in [-0.25, -0.2) is 0 Å². The van der Waals surface area contributed by atoms with E-state index in [-0.39, 0.29) is 7.43 Å². The van der Waals surface area contributed by atoms with Gasteiger partial charge in [0.15, 0.2) is 0 Å². The number of nitrogens with one attached hydrogen (secondary N) is 1. The quantitative estimate of drug-likeness (QED) is 0.643. The largest absolute Gasteiger partial charge is 0.387 e. The maximum Gasteiger partial charge on any atom is 0.112 e. The van der Waals surface area contributed by atoms with E-state index in [4.69, 9.17) is 4.84 Å². The van der Waals surface area contributed by atoms with Crippen LogP contribution in [0, 0.1) is 0 Å². The van der Waals surface area contributed by atoms with Crippen LogP contribution in [-0.4, -0.2) is 22.4 Å². The molecule has 0 aliphatic heterocycles. The smallest absolute Gasteiger partial charge is 0.112 e. The Kier molecular flexibility index (Phi) is 9.12. The summed E-state index contributed by atoms with van der Waals surface area (Å²) in [6.45, 7) is 11.7. The number of unbranched alkanes of at least 4 members (excludes halogenated alkanes) is 1. The van der Waals surface area contributed by atoms with Gasteiger partial charge >= 0.3 is 0 Å². The molecule has 0 amide bonds. The summed E-state index contributed by atoms with van der Waals surface area (Å²) in [5.74, 6) is 0. The van der Waals surface area contributed by atoms with Crippen molar-refractivity contribution >= 4 is 0 Å². The van der Waals surface area contributed by atoms with Gasteiger partial charge in [-0.2, -0.15) is 5.48 Å². The van der Waals surface area contributed by atoms with Gasteiger partial charge in [-0.15, -0.1) is 0 Å². The molecule has 0 aliphatic rings. The lowest BCUT2D eigenvalue weighted by molar-refractivity contribution is -0.191. The molecule has 0 rings (SSSR count). The normalized spacial score (nSPS) is 14.3. The molecule has 3 nitrogen and oxygen atoms in total. The number of hydroxylamine groups is 1. The van der Waals surface area contributed by atoms with E-state index in [1.165, 1.54) is 12.8 Å². The topological polar surface area (TPSA) is 41.5 Å². The molecule has 0 spiro atoms. The van der Waals surface area contributed by atoms with Crippen LogP contribution in [0.2, 0.25) is 0 Å². The third-order valence-electron chi connectivity index (χ3n) is 3.35. The lowest BCUT2D eigenvalue weighted by Crippen LogP contribution is -2.51. The molecule has 0 heterocycles. The van der Waals surface area contributed by atoms with Crippen molar-refractivity contribution in [3.63, 3.8) is 0 Å².